The Balaban J connectivity index is 3.15. The molecule has 0 radical (unpaired) electrons. The van der Waals surface area contributed by atoms with Crippen LogP contribution in [-0.2, 0) is 0 Å². The molecule has 1 atom stereocenters. The van der Waals surface area contributed by atoms with Crippen molar-refractivity contribution in [2.75, 3.05) is 0 Å². The van der Waals surface area contributed by atoms with Gasteiger partial charge in [-0.25, -0.2) is 8.78 Å². The maximum absolute atomic E-state index is 13.2. The first-order valence-electron chi connectivity index (χ1n) is 3.84. The highest BCUT2D eigenvalue weighted by molar-refractivity contribution is 9.10. The van der Waals surface area contributed by atoms with E-state index in [1.54, 1.807) is 0 Å². The van der Waals surface area contributed by atoms with Crippen molar-refractivity contribution in [1.82, 2.24) is 0 Å². The molecule has 1 rings (SSSR count). The largest absolute Gasteiger partial charge is 0.207 e. The Hall–Kier alpha value is 0.0400. The molecule has 72 valence electrons. The van der Waals surface area contributed by atoms with Gasteiger partial charge in [0, 0.05) is 10.4 Å². The standard InChI is InChI=1S/C9H8Br2F2/c1-2-6(10)5-3-9(13)7(11)4-8(5)12/h3-4,6H,2H2,1H3. The van der Waals surface area contributed by atoms with Gasteiger partial charge in [-0.3, -0.25) is 0 Å². The summed E-state index contributed by atoms with van der Waals surface area (Å²) in [6, 6.07) is 2.36. The normalized spacial score (nSPS) is 13.0. The second-order valence-corrected chi connectivity index (χ2v) is 4.62. The van der Waals surface area contributed by atoms with E-state index in [0.29, 0.717) is 5.56 Å². The number of rotatable bonds is 2. The van der Waals surface area contributed by atoms with Crippen LogP contribution in [0.1, 0.15) is 23.7 Å². The van der Waals surface area contributed by atoms with Gasteiger partial charge in [0.05, 0.1) is 4.47 Å². The fourth-order valence-corrected chi connectivity index (χ4v) is 1.66. The van der Waals surface area contributed by atoms with E-state index >= 15 is 0 Å². The summed E-state index contributed by atoms with van der Waals surface area (Å²) >= 11 is 6.19. The molecule has 0 fully saturated rings. The molecular weight excluding hydrogens is 306 g/mol. The molecule has 4 heteroatoms. The average molecular weight is 314 g/mol. The third-order valence-electron chi connectivity index (χ3n) is 1.74. The summed E-state index contributed by atoms with van der Waals surface area (Å²) in [5, 5.41) is 0. The van der Waals surface area contributed by atoms with Crippen molar-refractivity contribution in [1.29, 1.82) is 0 Å². The number of alkyl halides is 1. The van der Waals surface area contributed by atoms with E-state index in [1.165, 1.54) is 6.07 Å². The second-order valence-electron chi connectivity index (χ2n) is 2.66. The lowest BCUT2D eigenvalue weighted by Crippen LogP contribution is -1.95. The maximum atomic E-state index is 13.2. The monoisotopic (exact) mass is 312 g/mol. The van der Waals surface area contributed by atoms with Crippen molar-refractivity contribution < 1.29 is 8.78 Å². The van der Waals surface area contributed by atoms with E-state index in [4.69, 9.17) is 0 Å². The van der Waals surface area contributed by atoms with Crippen LogP contribution in [0.2, 0.25) is 0 Å². The number of hydrogen-bond acceptors (Lipinski definition) is 0. The lowest BCUT2D eigenvalue weighted by atomic mass is 10.1. The Kier molecular flexibility index (Phi) is 3.86. The first-order chi connectivity index (χ1) is 6.06. The number of benzene rings is 1. The van der Waals surface area contributed by atoms with Crippen LogP contribution in [0.5, 0.6) is 0 Å². The Morgan fingerprint density at radius 1 is 1.31 bits per heavy atom. The van der Waals surface area contributed by atoms with E-state index in [2.05, 4.69) is 31.9 Å². The third-order valence-corrected chi connectivity index (χ3v) is 3.48. The minimum atomic E-state index is -0.436. The molecule has 0 spiro atoms. The van der Waals surface area contributed by atoms with Crippen LogP contribution < -0.4 is 0 Å². The summed E-state index contributed by atoms with van der Waals surface area (Å²) in [6.45, 7) is 1.90. The number of hydrogen-bond donors (Lipinski definition) is 0. The molecule has 0 aromatic heterocycles. The van der Waals surface area contributed by atoms with Crippen molar-refractivity contribution in [3.63, 3.8) is 0 Å². The van der Waals surface area contributed by atoms with Crippen LogP contribution in [0, 0.1) is 11.6 Å². The van der Waals surface area contributed by atoms with E-state index < -0.39 is 11.6 Å². The minimum Gasteiger partial charge on any atom is -0.207 e. The topological polar surface area (TPSA) is 0 Å². The summed E-state index contributed by atoms with van der Waals surface area (Å²) in [4.78, 5) is -0.130. The van der Waals surface area contributed by atoms with Crippen LogP contribution in [0.25, 0.3) is 0 Å². The molecule has 0 amide bonds. The summed E-state index contributed by atoms with van der Waals surface area (Å²) in [5.74, 6) is -0.827. The third kappa shape index (κ3) is 2.50. The molecule has 0 aliphatic heterocycles. The Morgan fingerprint density at radius 2 is 1.92 bits per heavy atom. The predicted octanol–water partition coefficient (Wildman–Crippen LogP) is 4.57. The van der Waals surface area contributed by atoms with Gasteiger partial charge in [0.15, 0.2) is 0 Å². The Labute approximate surface area is 92.6 Å². The molecule has 0 bridgehead atoms. The molecule has 1 unspecified atom stereocenters. The fourth-order valence-electron chi connectivity index (χ4n) is 0.998. The molecule has 0 aliphatic carbocycles. The van der Waals surface area contributed by atoms with E-state index in [9.17, 15) is 8.78 Å². The molecule has 13 heavy (non-hydrogen) atoms. The van der Waals surface area contributed by atoms with Gasteiger partial charge in [-0.15, -0.1) is 0 Å². The van der Waals surface area contributed by atoms with Crippen LogP contribution in [-0.4, -0.2) is 0 Å². The van der Waals surface area contributed by atoms with Crippen molar-refractivity contribution >= 4 is 31.9 Å². The highest BCUT2D eigenvalue weighted by Gasteiger charge is 2.13. The molecule has 0 N–H and O–H groups in total. The number of halogens is 4. The zero-order valence-corrected chi connectivity index (χ0v) is 10.1. The first kappa shape index (κ1) is 11.1. The van der Waals surface area contributed by atoms with E-state index in [0.717, 1.165) is 12.5 Å². The summed E-state index contributed by atoms with van der Waals surface area (Å²) in [7, 11) is 0. The smallest absolute Gasteiger partial charge is 0.137 e. The molecule has 0 aliphatic rings. The summed E-state index contributed by atoms with van der Waals surface area (Å²) in [6.07, 6.45) is 0.720. The van der Waals surface area contributed by atoms with Gasteiger partial charge >= 0.3 is 0 Å². The van der Waals surface area contributed by atoms with Gasteiger partial charge in [0.25, 0.3) is 0 Å². The Bertz CT molecular complexity index is 313. The zero-order chi connectivity index (χ0) is 10.0. The van der Waals surface area contributed by atoms with E-state index in [-0.39, 0.29) is 9.30 Å². The van der Waals surface area contributed by atoms with Crippen molar-refractivity contribution in [3.8, 4) is 0 Å². The fraction of sp³-hybridized carbons (Fsp3) is 0.333. The van der Waals surface area contributed by atoms with Gasteiger partial charge in [-0.05, 0) is 34.5 Å². The van der Waals surface area contributed by atoms with Crippen molar-refractivity contribution in [2.45, 2.75) is 18.2 Å². The quantitative estimate of drug-likeness (QED) is 0.554. The van der Waals surface area contributed by atoms with Gasteiger partial charge in [-0.2, -0.15) is 0 Å². The van der Waals surface area contributed by atoms with Gasteiger partial charge in [0.1, 0.15) is 11.6 Å². The zero-order valence-electron chi connectivity index (χ0n) is 6.95. The second kappa shape index (κ2) is 4.51. The maximum Gasteiger partial charge on any atom is 0.137 e. The minimum absolute atomic E-state index is 0.130. The molecule has 0 heterocycles. The molecule has 1 aromatic carbocycles. The summed E-state index contributed by atoms with van der Waals surface area (Å²) in [5.41, 5.74) is 0.364. The van der Waals surface area contributed by atoms with Crippen LogP contribution in [0.15, 0.2) is 16.6 Å². The van der Waals surface area contributed by atoms with Crippen LogP contribution >= 0.6 is 31.9 Å². The molecule has 0 saturated carbocycles. The van der Waals surface area contributed by atoms with Crippen molar-refractivity contribution in [2.24, 2.45) is 0 Å². The van der Waals surface area contributed by atoms with Gasteiger partial charge < -0.3 is 0 Å². The lowest BCUT2D eigenvalue weighted by molar-refractivity contribution is 0.578. The molecule has 0 nitrogen and oxygen atoms in total. The summed E-state index contributed by atoms with van der Waals surface area (Å²) < 4.78 is 26.4. The predicted molar refractivity (Wildman–Crippen MR) is 56.0 cm³/mol. The Morgan fingerprint density at radius 3 is 2.46 bits per heavy atom. The first-order valence-corrected chi connectivity index (χ1v) is 5.55. The van der Waals surface area contributed by atoms with Crippen LogP contribution in [0.3, 0.4) is 0 Å². The molecular formula is C9H8Br2F2. The highest BCUT2D eigenvalue weighted by atomic mass is 79.9. The highest BCUT2D eigenvalue weighted by Crippen LogP contribution is 2.31. The van der Waals surface area contributed by atoms with Crippen molar-refractivity contribution in [3.05, 3.63) is 33.8 Å². The van der Waals surface area contributed by atoms with E-state index in [1.807, 2.05) is 6.92 Å². The SMILES string of the molecule is CCC(Br)c1cc(F)c(Br)cc1F. The van der Waals surface area contributed by atoms with Gasteiger partial charge in [0.2, 0.25) is 0 Å². The van der Waals surface area contributed by atoms with Crippen LogP contribution in [0.4, 0.5) is 8.78 Å². The molecule has 0 saturated heterocycles. The average Bonchev–Trinajstić information content (AvgIpc) is 2.10. The lowest BCUT2D eigenvalue weighted by Gasteiger charge is -2.09. The molecule has 1 aromatic rings. The van der Waals surface area contributed by atoms with Gasteiger partial charge in [-0.1, -0.05) is 22.9 Å².